The Hall–Kier alpha value is -2.79. The van der Waals surface area contributed by atoms with Gasteiger partial charge in [0.25, 0.3) is 10.0 Å². The fraction of sp³-hybridized carbons (Fsp3) is 0.182. The van der Waals surface area contributed by atoms with Crippen LogP contribution >= 0.6 is 0 Å². The summed E-state index contributed by atoms with van der Waals surface area (Å²) in [6.45, 7) is 3.90. The zero-order valence-corrected chi connectivity index (χ0v) is 16.5. The smallest absolute Gasteiger partial charge is 0.264 e. The molecule has 0 aliphatic carbocycles. The summed E-state index contributed by atoms with van der Waals surface area (Å²) < 4.78 is 33.7. The second kappa shape index (κ2) is 7.84. The largest absolute Gasteiger partial charge is 0.497 e. The molecule has 0 aliphatic rings. The molecule has 3 aromatic rings. The Morgan fingerprint density at radius 3 is 2.04 bits per heavy atom. The maximum atomic E-state index is 13.5. The molecule has 140 valence electrons. The van der Waals surface area contributed by atoms with Gasteiger partial charge in [0.1, 0.15) is 5.75 Å². The van der Waals surface area contributed by atoms with Crippen LogP contribution in [-0.4, -0.2) is 15.5 Å². The van der Waals surface area contributed by atoms with Gasteiger partial charge in [-0.05, 0) is 61.4 Å². The molecule has 0 fully saturated rings. The van der Waals surface area contributed by atoms with Gasteiger partial charge in [-0.25, -0.2) is 8.42 Å². The monoisotopic (exact) mass is 381 g/mol. The highest BCUT2D eigenvalue weighted by atomic mass is 32.2. The number of ether oxygens (including phenoxy) is 1. The molecule has 0 bridgehead atoms. The lowest BCUT2D eigenvalue weighted by Gasteiger charge is -2.31. The standard InChI is InChI=1S/C22H23NO3S/c1-17-9-7-8-12-22(17)18(2)23(19-13-15-20(26-3)16-14-19)27(24,25)21-10-5-4-6-11-21/h4-16,18H,1-3H3. The van der Waals surface area contributed by atoms with Crippen LogP contribution in [0.5, 0.6) is 5.75 Å². The zero-order chi connectivity index (χ0) is 19.4. The molecule has 1 atom stereocenters. The van der Waals surface area contributed by atoms with Crippen molar-refractivity contribution in [3.05, 3.63) is 90.0 Å². The van der Waals surface area contributed by atoms with Crippen LogP contribution in [0.3, 0.4) is 0 Å². The molecule has 0 aliphatic heterocycles. The van der Waals surface area contributed by atoms with Crippen LogP contribution in [0.1, 0.15) is 24.1 Å². The van der Waals surface area contributed by atoms with E-state index in [4.69, 9.17) is 4.74 Å². The van der Waals surface area contributed by atoms with Gasteiger partial charge in [-0.3, -0.25) is 4.31 Å². The molecule has 4 nitrogen and oxygen atoms in total. The summed E-state index contributed by atoms with van der Waals surface area (Å²) in [5, 5.41) is 0. The molecule has 0 amide bonds. The van der Waals surface area contributed by atoms with E-state index in [-0.39, 0.29) is 10.9 Å². The number of rotatable bonds is 6. The predicted molar refractivity (Wildman–Crippen MR) is 109 cm³/mol. The summed E-state index contributed by atoms with van der Waals surface area (Å²) in [5.41, 5.74) is 2.61. The molecule has 0 N–H and O–H groups in total. The van der Waals surface area contributed by atoms with Gasteiger partial charge in [0.05, 0.1) is 23.7 Å². The number of hydrogen-bond donors (Lipinski definition) is 0. The van der Waals surface area contributed by atoms with Crippen LogP contribution in [0.15, 0.2) is 83.8 Å². The Morgan fingerprint density at radius 2 is 1.44 bits per heavy atom. The zero-order valence-electron chi connectivity index (χ0n) is 15.7. The highest BCUT2D eigenvalue weighted by molar-refractivity contribution is 7.92. The Kier molecular flexibility index (Phi) is 5.51. The van der Waals surface area contributed by atoms with Crippen molar-refractivity contribution in [1.82, 2.24) is 0 Å². The Bertz CT molecular complexity index is 999. The maximum absolute atomic E-state index is 13.5. The molecular weight excluding hydrogens is 358 g/mol. The third-order valence-electron chi connectivity index (χ3n) is 4.62. The van der Waals surface area contributed by atoms with Gasteiger partial charge in [-0.1, -0.05) is 42.5 Å². The highest BCUT2D eigenvalue weighted by Gasteiger charge is 2.30. The summed E-state index contributed by atoms with van der Waals surface area (Å²) in [4.78, 5) is 0.265. The lowest BCUT2D eigenvalue weighted by Crippen LogP contribution is -2.34. The van der Waals surface area contributed by atoms with Crippen molar-refractivity contribution in [2.45, 2.75) is 24.8 Å². The number of aryl methyl sites for hydroxylation is 1. The van der Waals surface area contributed by atoms with Crippen LogP contribution in [0, 0.1) is 6.92 Å². The van der Waals surface area contributed by atoms with E-state index in [1.54, 1.807) is 55.6 Å². The molecule has 0 radical (unpaired) electrons. The van der Waals surface area contributed by atoms with Crippen LogP contribution in [0.4, 0.5) is 5.69 Å². The lowest BCUT2D eigenvalue weighted by molar-refractivity contribution is 0.415. The fourth-order valence-corrected chi connectivity index (χ4v) is 4.84. The van der Waals surface area contributed by atoms with E-state index in [9.17, 15) is 8.42 Å². The summed E-state index contributed by atoms with van der Waals surface area (Å²) in [6, 6.07) is 23.1. The minimum Gasteiger partial charge on any atom is -0.497 e. The number of benzene rings is 3. The van der Waals surface area contributed by atoms with Crippen LogP contribution in [-0.2, 0) is 10.0 Å². The van der Waals surface area contributed by atoms with Crippen molar-refractivity contribution in [1.29, 1.82) is 0 Å². The first-order valence-electron chi connectivity index (χ1n) is 8.74. The average Bonchev–Trinajstić information content (AvgIpc) is 2.69. The number of anilines is 1. The predicted octanol–water partition coefficient (Wildman–Crippen LogP) is 4.96. The van der Waals surface area contributed by atoms with Gasteiger partial charge in [0.15, 0.2) is 0 Å². The summed E-state index contributed by atoms with van der Waals surface area (Å²) in [7, 11) is -2.16. The lowest BCUT2D eigenvalue weighted by atomic mass is 10.0. The third-order valence-corrected chi connectivity index (χ3v) is 6.53. The summed E-state index contributed by atoms with van der Waals surface area (Å²) in [5.74, 6) is 0.680. The van der Waals surface area contributed by atoms with Crippen LogP contribution in [0.2, 0.25) is 0 Å². The first kappa shape index (κ1) is 19.0. The number of methoxy groups -OCH3 is 1. The van der Waals surface area contributed by atoms with Crippen molar-refractivity contribution in [3.8, 4) is 5.75 Å². The van der Waals surface area contributed by atoms with Crippen molar-refractivity contribution < 1.29 is 13.2 Å². The Labute approximate surface area is 161 Å². The highest BCUT2D eigenvalue weighted by Crippen LogP contribution is 2.35. The van der Waals surface area contributed by atoms with E-state index in [1.807, 2.05) is 44.2 Å². The first-order chi connectivity index (χ1) is 12.9. The van der Waals surface area contributed by atoms with E-state index in [0.29, 0.717) is 11.4 Å². The average molecular weight is 381 g/mol. The molecule has 0 saturated carbocycles. The first-order valence-corrected chi connectivity index (χ1v) is 10.2. The van der Waals surface area contributed by atoms with E-state index >= 15 is 0 Å². The molecule has 1 unspecified atom stereocenters. The number of hydrogen-bond acceptors (Lipinski definition) is 3. The Morgan fingerprint density at radius 1 is 0.852 bits per heavy atom. The van der Waals surface area contributed by atoms with Crippen molar-refractivity contribution in [3.63, 3.8) is 0 Å². The molecule has 27 heavy (non-hydrogen) atoms. The minimum absolute atomic E-state index is 0.265. The molecule has 0 heterocycles. The van der Waals surface area contributed by atoms with Gasteiger partial charge in [-0.2, -0.15) is 0 Å². The second-order valence-electron chi connectivity index (χ2n) is 6.34. The van der Waals surface area contributed by atoms with Crippen molar-refractivity contribution >= 4 is 15.7 Å². The fourth-order valence-electron chi connectivity index (χ4n) is 3.19. The van der Waals surface area contributed by atoms with Gasteiger partial charge in [0, 0.05) is 0 Å². The van der Waals surface area contributed by atoms with Gasteiger partial charge < -0.3 is 4.74 Å². The molecule has 0 spiro atoms. The normalized spacial score (nSPS) is 12.4. The van der Waals surface area contributed by atoms with Crippen molar-refractivity contribution in [2.24, 2.45) is 0 Å². The van der Waals surface area contributed by atoms with Crippen LogP contribution < -0.4 is 9.04 Å². The molecule has 0 aromatic heterocycles. The molecule has 3 rings (SSSR count). The summed E-state index contributed by atoms with van der Waals surface area (Å²) in [6.07, 6.45) is 0. The van der Waals surface area contributed by atoms with E-state index in [0.717, 1.165) is 11.1 Å². The van der Waals surface area contributed by atoms with Gasteiger partial charge >= 0.3 is 0 Å². The van der Waals surface area contributed by atoms with E-state index in [2.05, 4.69) is 0 Å². The van der Waals surface area contributed by atoms with Gasteiger partial charge in [0.2, 0.25) is 0 Å². The molecule has 0 saturated heterocycles. The minimum atomic E-state index is -3.75. The molecule has 3 aromatic carbocycles. The SMILES string of the molecule is COc1ccc(N(C(C)c2ccccc2C)S(=O)(=O)c2ccccc2)cc1. The quantitative estimate of drug-likeness (QED) is 0.606. The van der Waals surface area contributed by atoms with Crippen LogP contribution in [0.25, 0.3) is 0 Å². The van der Waals surface area contributed by atoms with E-state index < -0.39 is 10.0 Å². The Balaban J connectivity index is 2.15. The number of sulfonamides is 1. The van der Waals surface area contributed by atoms with E-state index in [1.165, 1.54) is 4.31 Å². The molecule has 5 heteroatoms. The topological polar surface area (TPSA) is 46.6 Å². The molecular formula is C22H23NO3S. The van der Waals surface area contributed by atoms with Gasteiger partial charge in [-0.15, -0.1) is 0 Å². The summed E-state index contributed by atoms with van der Waals surface area (Å²) >= 11 is 0. The van der Waals surface area contributed by atoms with Crippen molar-refractivity contribution in [2.75, 3.05) is 11.4 Å². The second-order valence-corrected chi connectivity index (χ2v) is 8.16. The maximum Gasteiger partial charge on any atom is 0.264 e. The third kappa shape index (κ3) is 3.83. The number of nitrogens with zero attached hydrogens (tertiary/aromatic N) is 1.